The van der Waals surface area contributed by atoms with E-state index in [4.69, 9.17) is 0 Å². The molecule has 1 saturated carbocycles. The topological polar surface area (TPSA) is 35.5 Å². The van der Waals surface area contributed by atoms with Crippen molar-refractivity contribution in [2.24, 2.45) is 11.3 Å². The van der Waals surface area contributed by atoms with Gasteiger partial charge in [-0.15, -0.1) is 0 Å². The molecule has 0 bridgehead atoms. The Morgan fingerprint density at radius 1 is 1.10 bits per heavy atom. The van der Waals surface area contributed by atoms with Crippen molar-refractivity contribution >= 4 is 0 Å². The maximum atomic E-state index is 10.7. The van der Waals surface area contributed by atoms with Crippen molar-refractivity contribution in [1.29, 1.82) is 0 Å². The van der Waals surface area contributed by atoms with Crippen molar-refractivity contribution in [2.45, 2.75) is 77.9 Å². The first-order valence-electron chi connectivity index (χ1n) is 8.96. The number of hydrogen-bond acceptors (Lipinski definition) is 3. The minimum Gasteiger partial charge on any atom is -0.389 e. The standard InChI is InChI=1S/C18H36N2O/c1-15(2)13-20-11-5-16(6-12-20)19-14-18(21)9-7-17(3,4)8-10-18/h15-16,19,21H,5-14H2,1-4H3. The lowest BCUT2D eigenvalue weighted by Gasteiger charge is -2.41. The van der Waals surface area contributed by atoms with E-state index in [-0.39, 0.29) is 0 Å². The Labute approximate surface area is 131 Å². The highest BCUT2D eigenvalue weighted by molar-refractivity contribution is 4.92. The first kappa shape index (κ1) is 17.2. The van der Waals surface area contributed by atoms with Gasteiger partial charge in [0.1, 0.15) is 0 Å². The van der Waals surface area contributed by atoms with E-state index in [0.717, 1.165) is 38.1 Å². The quantitative estimate of drug-likeness (QED) is 0.818. The van der Waals surface area contributed by atoms with Crippen LogP contribution in [0, 0.1) is 11.3 Å². The SMILES string of the molecule is CC(C)CN1CCC(NCC2(O)CCC(C)(C)CC2)CC1. The fourth-order valence-electron chi connectivity index (χ4n) is 3.74. The van der Waals surface area contributed by atoms with Crippen molar-refractivity contribution in [1.82, 2.24) is 10.2 Å². The molecule has 0 unspecified atom stereocenters. The summed E-state index contributed by atoms with van der Waals surface area (Å²) in [4.78, 5) is 2.58. The predicted molar refractivity (Wildman–Crippen MR) is 89.5 cm³/mol. The molecule has 124 valence electrons. The molecule has 1 aliphatic heterocycles. The average molecular weight is 296 g/mol. The van der Waals surface area contributed by atoms with Crippen LogP contribution in [0.25, 0.3) is 0 Å². The lowest BCUT2D eigenvalue weighted by molar-refractivity contribution is -0.0273. The summed E-state index contributed by atoms with van der Waals surface area (Å²) in [7, 11) is 0. The van der Waals surface area contributed by atoms with E-state index in [1.54, 1.807) is 0 Å². The van der Waals surface area contributed by atoms with Crippen LogP contribution in [0.15, 0.2) is 0 Å². The molecular formula is C18H36N2O. The molecular weight excluding hydrogens is 260 g/mol. The molecule has 0 atom stereocenters. The first-order valence-corrected chi connectivity index (χ1v) is 8.96. The van der Waals surface area contributed by atoms with E-state index in [2.05, 4.69) is 37.9 Å². The molecule has 0 spiro atoms. The lowest BCUT2D eigenvalue weighted by Crippen LogP contribution is -2.50. The summed E-state index contributed by atoms with van der Waals surface area (Å²) >= 11 is 0. The molecule has 21 heavy (non-hydrogen) atoms. The Morgan fingerprint density at radius 3 is 2.19 bits per heavy atom. The van der Waals surface area contributed by atoms with Gasteiger partial charge < -0.3 is 15.3 Å². The molecule has 1 heterocycles. The van der Waals surface area contributed by atoms with Crippen molar-refractivity contribution in [3.8, 4) is 0 Å². The van der Waals surface area contributed by atoms with Crippen LogP contribution < -0.4 is 5.32 Å². The fourth-order valence-corrected chi connectivity index (χ4v) is 3.74. The van der Waals surface area contributed by atoms with E-state index in [9.17, 15) is 5.11 Å². The second-order valence-corrected chi connectivity index (χ2v) is 8.74. The number of nitrogens with zero attached hydrogens (tertiary/aromatic N) is 1. The molecule has 1 aliphatic carbocycles. The van der Waals surface area contributed by atoms with E-state index >= 15 is 0 Å². The third-order valence-corrected chi connectivity index (χ3v) is 5.46. The first-order chi connectivity index (χ1) is 9.78. The summed E-state index contributed by atoms with van der Waals surface area (Å²) < 4.78 is 0. The molecule has 0 aromatic carbocycles. The summed E-state index contributed by atoms with van der Waals surface area (Å²) in [6.07, 6.45) is 6.68. The Morgan fingerprint density at radius 2 is 1.67 bits per heavy atom. The van der Waals surface area contributed by atoms with E-state index in [1.165, 1.54) is 32.5 Å². The van der Waals surface area contributed by atoms with Crippen LogP contribution in [0.5, 0.6) is 0 Å². The van der Waals surface area contributed by atoms with Gasteiger partial charge in [0.2, 0.25) is 0 Å². The lowest BCUT2D eigenvalue weighted by atomic mass is 9.71. The van der Waals surface area contributed by atoms with Crippen molar-refractivity contribution < 1.29 is 5.11 Å². The Balaban J connectivity index is 1.68. The third kappa shape index (κ3) is 5.54. The van der Waals surface area contributed by atoms with Gasteiger partial charge in [0.15, 0.2) is 0 Å². The third-order valence-electron chi connectivity index (χ3n) is 5.46. The smallest absolute Gasteiger partial charge is 0.0772 e. The molecule has 2 fully saturated rings. The van der Waals surface area contributed by atoms with Crippen LogP contribution in [0.1, 0.15) is 66.2 Å². The molecule has 3 nitrogen and oxygen atoms in total. The van der Waals surface area contributed by atoms with Crippen molar-refractivity contribution in [2.75, 3.05) is 26.2 Å². The number of piperidine rings is 1. The molecule has 0 amide bonds. The summed E-state index contributed by atoms with van der Waals surface area (Å²) in [5, 5.41) is 14.4. The Kier molecular flexibility index (Phi) is 5.72. The van der Waals surface area contributed by atoms with Gasteiger partial charge >= 0.3 is 0 Å². The van der Waals surface area contributed by atoms with Gasteiger partial charge in [0.05, 0.1) is 5.60 Å². The monoisotopic (exact) mass is 296 g/mol. The number of rotatable bonds is 5. The zero-order chi connectivity index (χ0) is 15.5. The highest BCUT2D eigenvalue weighted by Crippen LogP contribution is 2.39. The number of hydrogen-bond donors (Lipinski definition) is 2. The minimum absolute atomic E-state index is 0.425. The Bertz CT molecular complexity index is 309. The zero-order valence-electron chi connectivity index (χ0n) is 14.6. The van der Waals surface area contributed by atoms with Crippen molar-refractivity contribution in [3.05, 3.63) is 0 Å². The number of aliphatic hydroxyl groups is 1. The highest BCUT2D eigenvalue weighted by atomic mass is 16.3. The van der Waals surface area contributed by atoms with Gasteiger partial charge in [-0.05, 0) is 62.9 Å². The maximum Gasteiger partial charge on any atom is 0.0772 e. The highest BCUT2D eigenvalue weighted by Gasteiger charge is 2.36. The summed E-state index contributed by atoms with van der Waals surface area (Å²) in [5.74, 6) is 0.765. The van der Waals surface area contributed by atoms with Gasteiger partial charge in [-0.25, -0.2) is 0 Å². The molecule has 0 aromatic rings. The summed E-state index contributed by atoms with van der Waals surface area (Å²) in [6.45, 7) is 13.7. The molecule has 3 heteroatoms. The summed E-state index contributed by atoms with van der Waals surface area (Å²) in [6, 6.07) is 0.604. The fraction of sp³-hybridized carbons (Fsp3) is 1.00. The summed E-state index contributed by atoms with van der Waals surface area (Å²) in [5.41, 5.74) is -0.0288. The van der Waals surface area contributed by atoms with Gasteiger partial charge in [-0.3, -0.25) is 0 Å². The minimum atomic E-state index is -0.454. The van der Waals surface area contributed by atoms with Crippen LogP contribution in [-0.2, 0) is 0 Å². The number of nitrogens with one attached hydrogen (secondary N) is 1. The second-order valence-electron chi connectivity index (χ2n) is 8.74. The molecule has 2 aliphatic rings. The van der Waals surface area contributed by atoms with Crippen LogP contribution in [-0.4, -0.2) is 47.8 Å². The van der Waals surface area contributed by atoms with Gasteiger partial charge in [-0.2, -0.15) is 0 Å². The second kappa shape index (κ2) is 6.97. The average Bonchev–Trinajstić information content (AvgIpc) is 2.42. The zero-order valence-corrected chi connectivity index (χ0v) is 14.6. The van der Waals surface area contributed by atoms with Crippen LogP contribution in [0.2, 0.25) is 0 Å². The molecule has 1 saturated heterocycles. The molecule has 0 aromatic heterocycles. The maximum absolute atomic E-state index is 10.7. The number of likely N-dealkylation sites (tertiary alicyclic amines) is 1. The van der Waals surface area contributed by atoms with Gasteiger partial charge in [0.25, 0.3) is 0 Å². The molecule has 2 N–H and O–H groups in total. The predicted octanol–water partition coefficient (Wildman–Crippen LogP) is 3.03. The van der Waals surface area contributed by atoms with E-state index in [1.807, 2.05) is 0 Å². The van der Waals surface area contributed by atoms with Gasteiger partial charge in [0, 0.05) is 19.1 Å². The van der Waals surface area contributed by atoms with Crippen molar-refractivity contribution in [3.63, 3.8) is 0 Å². The normalized spacial score (nSPS) is 27.1. The van der Waals surface area contributed by atoms with E-state index in [0.29, 0.717) is 11.5 Å². The Hall–Kier alpha value is -0.120. The van der Waals surface area contributed by atoms with Crippen LogP contribution in [0.4, 0.5) is 0 Å². The molecule has 0 radical (unpaired) electrons. The van der Waals surface area contributed by atoms with Crippen LogP contribution in [0.3, 0.4) is 0 Å². The van der Waals surface area contributed by atoms with Gasteiger partial charge in [-0.1, -0.05) is 27.7 Å². The van der Waals surface area contributed by atoms with E-state index < -0.39 is 5.60 Å². The molecule has 2 rings (SSSR count). The van der Waals surface area contributed by atoms with Crippen LogP contribution >= 0.6 is 0 Å². The largest absolute Gasteiger partial charge is 0.389 e.